The van der Waals surface area contributed by atoms with E-state index in [1.165, 1.54) is 37.4 Å². The number of carbonyl (C=O) groups excluding carboxylic acids is 1. The van der Waals surface area contributed by atoms with E-state index in [1.54, 1.807) is 0 Å². The van der Waals surface area contributed by atoms with E-state index in [4.69, 9.17) is 8.85 Å². The Balaban J connectivity index is 1.22. The summed E-state index contributed by atoms with van der Waals surface area (Å²) in [5.41, 5.74) is 5.90. The van der Waals surface area contributed by atoms with Gasteiger partial charge in [-0.05, 0) is 92.3 Å². The van der Waals surface area contributed by atoms with Crippen molar-refractivity contribution in [1.82, 2.24) is 0 Å². The first kappa shape index (κ1) is 52.0. The second kappa shape index (κ2) is 22.4. The van der Waals surface area contributed by atoms with E-state index in [0.717, 1.165) is 69.2 Å². The molecule has 0 spiro atoms. The van der Waals surface area contributed by atoms with Crippen molar-refractivity contribution < 1.29 is 13.6 Å². The van der Waals surface area contributed by atoms with Crippen molar-refractivity contribution in [3.05, 3.63) is 162 Å². The zero-order valence-corrected chi connectivity index (χ0v) is 45.4. The number of benzene rings is 5. The number of amides is 1. The third-order valence-corrected chi connectivity index (χ3v) is 24.5. The molecule has 0 aromatic heterocycles. The van der Waals surface area contributed by atoms with Gasteiger partial charge in [-0.1, -0.05) is 241 Å². The number of anilines is 1. The van der Waals surface area contributed by atoms with Crippen molar-refractivity contribution in [2.45, 2.75) is 156 Å². The van der Waals surface area contributed by atoms with Gasteiger partial charge in [-0.3, -0.25) is 4.79 Å². The van der Waals surface area contributed by atoms with E-state index < -0.39 is 16.6 Å². The van der Waals surface area contributed by atoms with Gasteiger partial charge in [0.15, 0.2) is 0 Å². The van der Waals surface area contributed by atoms with Gasteiger partial charge in [-0.2, -0.15) is 0 Å². The minimum atomic E-state index is -2.62. The number of hydrogen-bond donors (Lipinski definition) is 0. The number of hydrogen-bond acceptors (Lipinski definition) is 3. The van der Waals surface area contributed by atoms with Crippen LogP contribution in [-0.4, -0.2) is 42.3 Å². The van der Waals surface area contributed by atoms with E-state index in [2.05, 4.69) is 228 Å². The van der Waals surface area contributed by atoms with Gasteiger partial charge in [-0.25, -0.2) is 0 Å². The number of nitrogens with zero attached hydrogens (tertiary/aromatic N) is 1. The maximum absolute atomic E-state index is 15.3. The van der Waals surface area contributed by atoms with Crippen molar-refractivity contribution in [3.8, 4) is 0 Å². The summed E-state index contributed by atoms with van der Waals surface area (Å²) < 4.78 is 14.6. The molecule has 0 atom stereocenters. The lowest BCUT2D eigenvalue weighted by molar-refractivity contribution is -0.116. The van der Waals surface area contributed by atoms with Crippen molar-refractivity contribution in [3.63, 3.8) is 0 Å². The summed E-state index contributed by atoms with van der Waals surface area (Å²) in [7, 11) is -5.21. The van der Waals surface area contributed by atoms with E-state index in [0.29, 0.717) is 25.0 Å². The predicted octanol–water partition coefficient (Wildman–Crippen LogP) is 13.9. The molecule has 6 rings (SSSR count). The first-order chi connectivity index (χ1) is 31.9. The SMILES string of the molecule is CC(C)c1cccc(C(C)C)c1N1CC(C)(C)C(CCCCCO[Si](c2ccccc2)(c2ccccc2)C(C)(C)C)=C(CCCCCO[Si](c2ccccc2)(c2ccccc2)C(C)(C)C)C1=O. The number of rotatable bonds is 21. The average Bonchev–Trinajstić information content (AvgIpc) is 3.30. The molecule has 0 N–H and O–H groups in total. The lowest BCUT2D eigenvalue weighted by Gasteiger charge is -2.43. The largest absolute Gasteiger partial charge is 0.407 e. The highest BCUT2D eigenvalue weighted by Crippen LogP contribution is 2.45. The third kappa shape index (κ3) is 11.4. The molecule has 358 valence electrons. The van der Waals surface area contributed by atoms with E-state index in [9.17, 15) is 0 Å². The zero-order valence-electron chi connectivity index (χ0n) is 43.4. The molecular weight excluding hydrogens is 851 g/mol. The zero-order chi connectivity index (χ0) is 48.5. The van der Waals surface area contributed by atoms with Crippen LogP contribution in [0, 0.1) is 5.41 Å². The molecule has 67 heavy (non-hydrogen) atoms. The minimum absolute atomic E-state index is 0.0506. The van der Waals surface area contributed by atoms with Gasteiger partial charge in [0, 0.05) is 30.7 Å². The number of carbonyl (C=O) groups is 1. The third-order valence-electron chi connectivity index (χ3n) is 14.5. The molecule has 5 aromatic rings. The molecule has 0 saturated carbocycles. The van der Waals surface area contributed by atoms with Gasteiger partial charge in [0.05, 0.1) is 5.69 Å². The Morgan fingerprint density at radius 2 is 0.866 bits per heavy atom. The van der Waals surface area contributed by atoms with Crippen LogP contribution in [0.25, 0.3) is 0 Å². The molecular formula is C61H83NO3Si2. The van der Waals surface area contributed by atoms with Gasteiger partial charge >= 0.3 is 0 Å². The quantitative estimate of drug-likeness (QED) is 0.0544. The molecule has 1 amide bonds. The molecule has 0 bridgehead atoms. The second-order valence-electron chi connectivity index (χ2n) is 22.5. The highest BCUT2D eigenvalue weighted by molar-refractivity contribution is 7.00. The Morgan fingerprint density at radius 3 is 1.21 bits per heavy atom. The van der Waals surface area contributed by atoms with Crippen molar-refractivity contribution in [2.24, 2.45) is 5.41 Å². The fourth-order valence-electron chi connectivity index (χ4n) is 11.1. The van der Waals surface area contributed by atoms with Crippen LogP contribution in [0.5, 0.6) is 0 Å². The van der Waals surface area contributed by atoms with Crippen LogP contribution in [0.1, 0.15) is 157 Å². The van der Waals surface area contributed by atoms with Crippen LogP contribution in [0.3, 0.4) is 0 Å². The van der Waals surface area contributed by atoms with E-state index >= 15 is 4.79 Å². The summed E-state index contributed by atoms with van der Waals surface area (Å²) >= 11 is 0. The molecule has 0 fully saturated rings. The predicted molar refractivity (Wildman–Crippen MR) is 292 cm³/mol. The van der Waals surface area contributed by atoms with Crippen molar-refractivity contribution in [1.29, 1.82) is 0 Å². The maximum atomic E-state index is 15.3. The molecule has 0 saturated heterocycles. The fraction of sp³-hybridized carbons (Fsp3) is 0.459. The van der Waals surface area contributed by atoms with Crippen molar-refractivity contribution in [2.75, 3.05) is 24.7 Å². The molecule has 4 nitrogen and oxygen atoms in total. The average molecular weight is 935 g/mol. The molecule has 1 aliphatic rings. The summed E-state index contributed by atoms with van der Waals surface area (Å²) in [6, 6.07) is 50.5. The molecule has 6 heteroatoms. The van der Waals surface area contributed by atoms with Crippen molar-refractivity contribution >= 4 is 49.0 Å². The van der Waals surface area contributed by atoms with Gasteiger partial charge in [0.25, 0.3) is 22.5 Å². The normalized spacial score (nSPS) is 15.0. The molecule has 0 radical (unpaired) electrons. The van der Waals surface area contributed by atoms with Gasteiger partial charge in [0.1, 0.15) is 0 Å². The van der Waals surface area contributed by atoms with Crippen LogP contribution in [0.4, 0.5) is 5.69 Å². The summed E-state index contributed by atoms with van der Waals surface area (Å²) in [4.78, 5) is 17.5. The summed E-state index contributed by atoms with van der Waals surface area (Å²) in [5, 5.41) is 5.17. The Morgan fingerprint density at radius 1 is 0.507 bits per heavy atom. The van der Waals surface area contributed by atoms with E-state index in [-0.39, 0.29) is 21.4 Å². The standard InChI is InChI=1S/C61H83NO3Si2/c1-47(2)53-41-31-42-54(48(3)4)57(53)62-46-61(11,12)56(43-28-18-30-45-65-67(60(8,9)10,51-36-23-15-24-37-51)52-38-25-16-26-39-52)55(58(62)63)40-27-17-29-44-64-66(59(5,6)7,49-32-19-13-20-33-49)50-34-21-14-22-35-50/h13-16,19-26,31-39,41-42,47-48H,17-18,27-30,40,43-46H2,1-12H3. The topological polar surface area (TPSA) is 38.8 Å². The van der Waals surface area contributed by atoms with Gasteiger partial charge in [0.2, 0.25) is 0 Å². The van der Waals surface area contributed by atoms with Crippen LogP contribution < -0.4 is 25.6 Å². The van der Waals surface area contributed by atoms with Crippen LogP contribution in [-0.2, 0) is 13.6 Å². The Bertz CT molecular complexity index is 2250. The van der Waals surface area contributed by atoms with E-state index in [1.807, 2.05) is 0 Å². The second-order valence-corrected chi connectivity index (χ2v) is 31.1. The fourth-order valence-corrected chi connectivity index (χ4v) is 20.4. The lowest BCUT2D eigenvalue weighted by Crippen LogP contribution is -2.66. The Hall–Kier alpha value is -4.34. The van der Waals surface area contributed by atoms with Crippen LogP contribution in [0.15, 0.2) is 151 Å². The maximum Gasteiger partial charge on any atom is 0.261 e. The monoisotopic (exact) mass is 934 g/mol. The number of unbranched alkanes of at least 4 members (excludes halogenated alkanes) is 4. The van der Waals surface area contributed by atoms with Crippen LogP contribution >= 0.6 is 0 Å². The highest BCUT2D eigenvalue weighted by Gasteiger charge is 2.51. The minimum Gasteiger partial charge on any atom is -0.407 e. The van der Waals surface area contributed by atoms with Gasteiger partial charge in [-0.15, -0.1) is 0 Å². The van der Waals surface area contributed by atoms with Gasteiger partial charge < -0.3 is 13.8 Å². The first-order valence-electron chi connectivity index (χ1n) is 25.5. The molecule has 1 heterocycles. The Kier molecular flexibility index (Phi) is 17.4. The molecule has 1 aliphatic heterocycles. The molecule has 5 aromatic carbocycles. The molecule has 0 aliphatic carbocycles. The summed E-state index contributed by atoms with van der Waals surface area (Å²) in [6.07, 6.45) is 7.69. The Labute approximate surface area is 408 Å². The smallest absolute Gasteiger partial charge is 0.261 e. The summed E-state index contributed by atoms with van der Waals surface area (Å²) in [6.45, 7) is 30.0. The first-order valence-corrected chi connectivity index (χ1v) is 29.4. The molecule has 0 unspecified atom stereocenters. The highest BCUT2D eigenvalue weighted by atomic mass is 28.4. The lowest BCUT2D eigenvalue weighted by atomic mass is 9.73. The van der Waals surface area contributed by atoms with Crippen LogP contribution in [0.2, 0.25) is 10.1 Å². The summed E-state index contributed by atoms with van der Waals surface area (Å²) in [5.74, 6) is 0.822. The number of para-hydroxylation sites is 1.